The van der Waals surface area contributed by atoms with Crippen molar-refractivity contribution in [3.05, 3.63) is 71.5 Å². The van der Waals surface area contributed by atoms with Gasteiger partial charge in [-0.1, -0.05) is 24.3 Å². The molecule has 1 aliphatic heterocycles. The Kier molecular flexibility index (Phi) is 5.36. The Labute approximate surface area is 170 Å². The Morgan fingerprint density at radius 1 is 1.17 bits per heavy atom. The molecule has 29 heavy (non-hydrogen) atoms. The smallest absolute Gasteiger partial charge is 0.253 e. The van der Waals surface area contributed by atoms with Gasteiger partial charge >= 0.3 is 0 Å². The third-order valence-corrected chi connectivity index (χ3v) is 5.44. The number of ether oxygens (including phenoxy) is 1. The van der Waals surface area contributed by atoms with Crippen LogP contribution in [0.5, 0.6) is 5.75 Å². The average molecular weight is 391 g/mol. The van der Waals surface area contributed by atoms with Crippen molar-refractivity contribution in [1.82, 2.24) is 15.1 Å². The van der Waals surface area contributed by atoms with Gasteiger partial charge in [0.1, 0.15) is 5.75 Å². The molecule has 6 nitrogen and oxygen atoms in total. The maximum Gasteiger partial charge on any atom is 0.253 e. The molecule has 2 heterocycles. The normalized spacial score (nSPS) is 18.8. The maximum absolute atomic E-state index is 13.1. The van der Waals surface area contributed by atoms with Gasteiger partial charge in [0, 0.05) is 30.3 Å². The zero-order chi connectivity index (χ0) is 20.4. The highest BCUT2D eigenvalue weighted by Crippen LogP contribution is 2.27. The molecule has 0 radical (unpaired) electrons. The van der Waals surface area contributed by atoms with Crippen LogP contribution >= 0.6 is 0 Å². The fraction of sp³-hybridized carbons (Fsp3) is 0.304. The van der Waals surface area contributed by atoms with Crippen LogP contribution in [-0.4, -0.2) is 52.4 Å². The SMILES string of the molecule is COc1cccc(-c2cccc(C(=O)N3C[C@@H](Cc4cc(C)[nH]n4)[C@H](O)C3)c2)c1. The Morgan fingerprint density at radius 3 is 2.66 bits per heavy atom. The third kappa shape index (κ3) is 4.17. The monoisotopic (exact) mass is 391 g/mol. The van der Waals surface area contributed by atoms with Gasteiger partial charge in [0.2, 0.25) is 0 Å². The van der Waals surface area contributed by atoms with E-state index in [1.54, 1.807) is 12.0 Å². The number of methoxy groups -OCH3 is 1. The number of hydrogen-bond donors (Lipinski definition) is 2. The molecule has 1 fully saturated rings. The quantitative estimate of drug-likeness (QED) is 0.701. The van der Waals surface area contributed by atoms with Crippen LogP contribution < -0.4 is 4.74 Å². The second-order valence-corrected chi connectivity index (χ2v) is 7.60. The summed E-state index contributed by atoms with van der Waals surface area (Å²) in [4.78, 5) is 14.8. The van der Waals surface area contributed by atoms with Crippen molar-refractivity contribution >= 4 is 5.91 Å². The van der Waals surface area contributed by atoms with Gasteiger partial charge in [0.05, 0.1) is 18.9 Å². The van der Waals surface area contributed by atoms with Crippen LogP contribution in [0.15, 0.2) is 54.6 Å². The number of aliphatic hydroxyl groups is 1. The first-order valence-electron chi connectivity index (χ1n) is 9.76. The van der Waals surface area contributed by atoms with E-state index in [4.69, 9.17) is 4.74 Å². The zero-order valence-corrected chi connectivity index (χ0v) is 16.6. The summed E-state index contributed by atoms with van der Waals surface area (Å²) in [6, 6.07) is 17.3. The minimum atomic E-state index is -0.544. The van der Waals surface area contributed by atoms with Crippen molar-refractivity contribution in [2.45, 2.75) is 19.4 Å². The van der Waals surface area contributed by atoms with Gasteiger partial charge in [-0.15, -0.1) is 0 Å². The maximum atomic E-state index is 13.1. The van der Waals surface area contributed by atoms with E-state index >= 15 is 0 Å². The van der Waals surface area contributed by atoms with Crippen LogP contribution in [0.2, 0.25) is 0 Å². The van der Waals surface area contributed by atoms with Gasteiger partial charge in [-0.05, 0) is 54.8 Å². The zero-order valence-electron chi connectivity index (χ0n) is 16.6. The Hall–Kier alpha value is -3.12. The van der Waals surface area contributed by atoms with Crippen LogP contribution in [0.1, 0.15) is 21.7 Å². The van der Waals surface area contributed by atoms with E-state index in [-0.39, 0.29) is 11.8 Å². The number of likely N-dealkylation sites (tertiary alicyclic amines) is 1. The number of H-pyrrole nitrogens is 1. The molecular formula is C23H25N3O3. The van der Waals surface area contributed by atoms with Crippen molar-refractivity contribution in [1.29, 1.82) is 0 Å². The lowest BCUT2D eigenvalue weighted by Crippen LogP contribution is -2.29. The predicted octanol–water partition coefficient (Wildman–Crippen LogP) is 3.07. The summed E-state index contributed by atoms with van der Waals surface area (Å²) < 4.78 is 5.30. The van der Waals surface area contributed by atoms with Crippen LogP contribution in [-0.2, 0) is 6.42 Å². The molecule has 1 amide bonds. The minimum absolute atomic E-state index is 0.0109. The van der Waals surface area contributed by atoms with Crippen LogP contribution in [0, 0.1) is 12.8 Å². The van der Waals surface area contributed by atoms with E-state index < -0.39 is 6.10 Å². The second kappa shape index (κ2) is 8.09. The largest absolute Gasteiger partial charge is 0.497 e. The van der Waals surface area contributed by atoms with E-state index in [9.17, 15) is 9.90 Å². The van der Waals surface area contributed by atoms with Crippen molar-refractivity contribution in [2.75, 3.05) is 20.2 Å². The molecule has 2 aromatic carbocycles. The summed E-state index contributed by atoms with van der Waals surface area (Å²) in [7, 11) is 1.64. The Bertz CT molecular complexity index is 1010. The third-order valence-electron chi connectivity index (χ3n) is 5.44. The molecule has 0 unspecified atom stereocenters. The molecule has 2 atom stereocenters. The topological polar surface area (TPSA) is 78.5 Å². The molecular weight excluding hydrogens is 366 g/mol. The van der Waals surface area contributed by atoms with Crippen LogP contribution in [0.3, 0.4) is 0 Å². The first kappa shape index (κ1) is 19.2. The number of rotatable bonds is 5. The number of amides is 1. The second-order valence-electron chi connectivity index (χ2n) is 7.60. The molecule has 0 bridgehead atoms. The lowest BCUT2D eigenvalue weighted by Gasteiger charge is -2.16. The number of carbonyl (C=O) groups is 1. The van der Waals surface area contributed by atoms with Crippen molar-refractivity contribution < 1.29 is 14.6 Å². The van der Waals surface area contributed by atoms with Gasteiger partial charge in [-0.25, -0.2) is 0 Å². The first-order valence-corrected chi connectivity index (χ1v) is 9.76. The molecule has 3 aromatic rings. The summed E-state index contributed by atoms with van der Waals surface area (Å²) in [6.45, 7) is 2.82. The van der Waals surface area contributed by atoms with E-state index in [2.05, 4.69) is 10.2 Å². The summed E-state index contributed by atoms with van der Waals surface area (Å²) in [5.74, 6) is 0.705. The molecule has 6 heteroatoms. The summed E-state index contributed by atoms with van der Waals surface area (Å²) >= 11 is 0. The van der Waals surface area contributed by atoms with Crippen molar-refractivity contribution in [3.8, 4) is 16.9 Å². The lowest BCUT2D eigenvalue weighted by molar-refractivity contribution is 0.0764. The van der Waals surface area contributed by atoms with E-state index in [0.717, 1.165) is 28.3 Å². The number of nitrogens with zero attached hydrogens (tertiary/aromatic N) is 2. The molecule has 1 aliphatic rings. The van der Waals surface area contributed by atoms with E-state index in [0.29, 0.717) is 25.1 Å². The molecule has 150 valence electrons. The van der Waals surface area contributed by atoms with Gasteiger partial charge in [-0.2, -0.15) is 5.10 Å². The predicted molar refractivity (Wildman–Crippen MR) is 111 cm³/mol. The lowest BCUT2D eigenvalue weighted by atomic mass is 10.00. The molecule has 2 N–H and O–H groups in total. The number of β-amino-alcohol motifs (C(OH)–C–C–N with tert-alkyl or cyclic N) is 1. The van der Waals surface area contributed by atoms with Crippen molar-refractivity contribution in [3.63, 3.8) is 0 Å². The number of hydrogen-bond acceptors (Lipinski definition) is 4. The standard InChI is InChI=1S/C23H25N3O3/c1-15-9-20(25-24-15)11-19-13-26(14-22(19)27)23(28)18-7-3-5-16(10-18)17-6-4-8-21(12-17)29-2/h3-10,12,19,22,27H,11,13-14H2,1-2H3,(H,24,25)/t19-,22-/m1/s1. The number of benzene rings is 2. The summed E-state index contributed by atoms with van der Waals surface area (Å²) in [5.41, 5.74) is 4.48. The van der Waals surface area contributed by atoms with E-state index in [1.807, 2.05) is 61.5 Å². The van der Waals surface area contributed by atoms with Gasteiger partial charge in [-0.3, -0.25) is 9.89 Å². The summed E-state index contributed by atoms with van der Waals surface area (Å²) in [5, 5.41) is 17.6. The van der Waals surface area contributed by atoms with Gasteiger partial charge in [0.25, 0.3) is 5.91 Å². The first-order chi connectivity index (χ1) is 14.0. The highest BCUT2D eigenvalue weighted by Gasteiger charge is 2.34. The fourth-order valence-electron chi connectivity index (χ4n) is 3.89. The molecule has 0 spiro atoms. The molecule has 0 aliphatic carbocycles. The van der Waals surface area contributed by atoms with E-state index in [1.165, 1.54) is 0 Å². The van der Waals surface area contributed by atoms with Gasteiger partial charge in [0.15, 0.2) is 0 Å². The van der Waals surface area contributed by atoms with Gasteiger partial charge < -0.3 is 14.7 Å². The molecule has 4 rings (SSSR count). The molecule has 0 saturated carbocycles. The molecule has 1 saturated heterocycles. The average Bonchev–Trinajstić information content (AvgIpc) is 3.33. The highest BCUT2D eigenvalue weighted by molar-refractivity contribution is 5.95. The van der Waals surface area contributed by atoms with Crippen LogP contribution in [0.4, 0.5) is 0 Å². The Morgan fingerprint density at radius 2 is 1.93 bits per heavy atom. The summed E-state index contributed by atoms with van der Waals surface area (Å²) in [6.07, 6.45) is 0.108. The minimum Gasteiger partial charge on any atom is -0.497 e. The number of aromatic amines is 1. The Balaban J connectivity index is 1.49. The number of aliphatic hydroxyl groups excluding tert-OH is 1. The number of aryl methyl sites for hydroxylation is 1. The van der Waals surface area contributed by atoms with Crippen molar-refractivity contribution in [2.24, 2.45) is 5.92 Å². The number of nitrogens with one attached hydrogen (secondary N) is 1. The fourth-order valence-corrected chi connectivity index (χ4v) is 3.89. The highest BCUT2D eigenvalue weighted by atomic mass is 16.5. The number of aromatic nitrogens is 2. The molecule has 1 aromatic heterocycles. The van der Waals surface area contributed by atoms with Crippen LogP contribution in [0.25, 0.3) is 11.1 Å². The number of carbonyl (C=O) groups excluding carboxylic acids is 1.